The van der Waals surface area contributed by atoms with Gasteiger partial charge < -0.3 is 4.74 Å². The van der Waals surface area contributed by atoms with E-state index in [4.69, 9.17) is 4.74 Å². The fourth-order valence-corrected chi connectivity index (χ4v) is 1.59. The van der Waals surface area contributed by atoms with E-state index in [1.165, 1.54) is 16.7 Å². The molecular formula is C12H14O. The lowest BCUT2D eigenvalue weighted by Crippen LogP contribution is -1.94. The van der Waals surface area contributed by atoms with Crippen molar-refractivity contribution in [3.05, 3.63) is 47.5 Å². The van der Waals surface area contributed by atoms with Crippen molar-refractivity contribution in [3.8, 4) is 0 Å². The average Bonchev–Trinajstić information content (AvgIpc) is 2.53. The number of ether oxygens (including phenoxy) is 1. The number of hydrogen-bond acceptors (Lipinski definition) is 1. The molecule has 0 N–H and O–H groups in total. The molecule has 13 heavy (non-hydrogen) atoms. The molecular weight excluding hydrogens is 160 g/mol. The van der Waals surface area contributed by atoms with Gasteiger partial charge >= 0.3 is 0 Å². The van der Waals surface area contributed by atoms with Gasteiger partial charge in [0.15, 0.2) is 0 Å². The largest absolute Gasteiger partial charge is 0.369 e. The average molecular weight is 174 g/mol. The zero-order chi connectivity index (χ0) is 9.26. The molecule has 1 saturated heterocycles. The van der Waals surface area contributed by atoms with Crippen molar-refractivity contribution in [2.45, 2.75) is 19.4 Å². The van der Waals surface area contributed by atoms with Crippen LogP contribution in [0.3, 0.4) is 0 Å². The van der Waals surface area contributed by atoms with Crippen molar-refractivity contribution in [1.82, 2.24) is 0 Å². The van der Waals surface area contributed by atoms with Crippen LogP contribution >= 0.6 is 0 Å². The maximum absolute atomic E-state index is 5.59. The third-order valence-corrected chi connectivity index (χ3v) is 2.41. The van der Waals surface area contributed by atoms with Crippen LogP contribution in [-0.2, 0) is 4.74 Å². The lowest BCUT2D eigenvalue weighted by Gasteiger charge is -2.08. The van der Waals surface area contributed by atoms with E-state index in [0.717, 1.165) is 13.0 Å². The summed E-state index contributed by atoms with van der Waals surface area (Å²) in [5, 5.41) is 0. The Labute approximate surface area is 79.0 Å². The fraction of sp³-hybridized carbons (Fsp3) is 0.333. The van der Waals surface area contributed by atoms with E-state index in [2.05, 4.69) is 37.8 Å². The van der Waals surface area contributed by atoms with Gasteiger partial charge in [-0.1, -0.05) is 36.4 Å². The van der Waals surface area contributed by atoms with Gasteiger partial charge in [0.25, 0.3) is 0 Å². The minimum Gasteiger partial charge on any atom is -0.369 e. The third kappa shape index (κ3) is 1.81. The molecule has 1 aromatic rings. The van der Waals surface area contributed by atoms with Crippen LogP contribution in [-0.4, -0.2) is 6.61 Å². The minimum absolute atomic E-state index is 0.244. The van der Waals surface area contributed by atoms with E-state index in [9.17, 15) is 0 Å². The van der Waals surface area contributed by atoms with Crippen molar-refractivity contribution < 1.29 is 4.74 Å². The zero-order valence-electron chi connectivity index (χ0n) is 7.92. The molecule has 1 heterocycles. The Morgan fingerprint density at radius 3 is 2.54 bits per heavy atom. The highest BCUT2D eigenvalue weighted by atomic mass is 16.5. The smallest absolute Gasteiger partial charge is 0.0867 e. The quantitative estimate of drug-likeness (QED) is 0.595. The fourth-order valence-electron chi connectivity index (χ4n) is 1.59. The second-order valence-electron chi connectivity index (χ2n) is 3.66. The molecule has 1 fully saturated rings. The standard InChI is InChI=1S/C12H14O/c1-9-3-5-11(6-4-9)12-7-10(2)8-13-12/h3-6,12H,2,7-8H2,1H3. The molecule has 0 saturated carbocycles. The summed E-state index contributed by atoms with van der Waals surface area (Å²) >= 11 is 0. The number of rotatable bonds is 1. The lowest BCUT2D eigenvalue weighted by molar-refractivity contribution is 0.115. The molecule has 1 heteroatoms. The molecule has 1 atom stereocenters. The molecule has 2 rings (SSSR count). The highest BCUT2D eigenvalue weighted by Gasteiger charge is 2.19. The Balaban J connectivity index is 2.17. The van der Waals surface area contributed by atoms with Gasteiger partial charge in [-0.3, -0.25) is 0 Å². The van der Waals surface area contributed by atoms with Crippen molar-refractivity contribution in [1.29, 1.82) is 0 Å². The summed E-state index contributed by atoms with van der Waals surface area (Å²) in [6.07, 6.45) is 1.22. The van der Waals surface area contributed by atoms with Gasteiger partial charge in [0.2, 0.25) is 0 Å². The second kappa shape index (κ2) is 3.35. The molecule has 0 aliphatic carbocycles. The van der Waals surface area contributed by atoms with Gasteiger partial charge in [-0.15, -0.1) is 0 Å². The first kappa shape index (κ1) is 8.52. The highest BCUT2D eigenvalue weighted by molar-refractivity contribution is 5.25. The predicted octanol–water partition coefficient (Wildman–Crippen LogP) is 3.01. The van der Waals surface area contributed by atoms with Crippen molar-refractivity contribution >= 4 is 0 Å². The highest BCUT2D eigenvalue weighted by Crippen LogP contribution is 2.30. The Morgan fingerprint density at radius 2 is 2.00 bits per heavy atom. The third-order valence-electron chi connectivity index (χ3n) is 2.41. The van der Waals surface area contributed by atoms with Crippen LogP contribution in [0, 0.1) is 6.92 Å². The molecule has 1 aromatic carbocycles. The molecule has 0 aromatic heterocycles. The van der Waals surface area contributed by atoms with Crippen LogP contribution in [0.1, 0.15) is 23.7 Å². The topological polar surface area (TPSA) is 9.23 Å². The van der Waals surface area contributed by atoms with Crippen molar-refractivity contribution in [3.63, 3.8) is 0 Å². The molecule has 1 aliphatic rings. The number of benzene rings is 1. The van der Waals surface area contributed by atoms with E-state index < -0.39 is 0 Å². The normalized spacial score (nSPS) is 22.2. The van der Waals surface area contributed by atoms with E-state index in [1.54, 1.807) is 0 Å². The van der Waals surface area contributed by atoms with Gasteiger partial charge in [0.05, 0.1) is 12.7 Å². The first-order valence-electron chi connectivity index (χ1n) is 4.60. The van der Waals surface area contributed by atoms with Crippen LogP contribution in [0.15, 0.2) is 36.4 Å². The van der Waals surface area contributed by atoms with Crippen LogP contribution in [0.2, 0.25) is 0 Å². The lowest BCUT2D eigenvalue weighted by atomic mass is 10.0. The summed E-state index contributed by atoms with van der Waals surface area (Å²) in [7, 11) is 0. The van der Waals surface area contributed by atoms with Gasteiger partial charge in [-0.2, -0.15) is 0 Å². The summed E-state index contributed by atoms with van der Waals surface area (Å²) in [6, 6.07) is 8.52. The molecule has 68 valence electrons. The SMILES string of the molecule is C=C1COC(c2ccc(C)cc2)C1. The van der Waals surface area contributed by atoms with Crippen LogP contribution in [0.5, 0.6) is 0 Å². The zero-order valence-corrected chi connectivity index (χ0v) is 7.92. The first-order valence-corrected chi connectivity index (χ1v) is 4.60. The Morgan fingerprint density at radius 1 is 1.31 bits per heavy atom. The van der Waals surface area contributed by atoms with Crippen LogP contribution in [0.25, 0.3) is 0 Å². The van der Waals surface area contributed by atoms with Gasteiger partial charge in [-0.05, 0) is 18.1 Å². The van der Waals surface area contributed by atoms with Gasteiger partial charge in [0.1, 0.15) is 0 Å². The van der Waals surface area contributed by atoms with Crippen molar-refractivity contribution in [2.24, 2.45) is 0 Å². The van der Waals surface area contributed by atoms with E-state index >= 15 is 0 Å². The Hall–Kier alpha value is -1.08. The van der Waals surface area contributed by atoms with Gasteiger partial charge in [0, 0.05) is 6.42 Å². The summed E-state index contributed by atoms with van der Waals surface area (Å²) in [5.74, 6) is 0. The van der Waals surface area contributed by atoms with Gasteiger partial charge in [-0.25, -0.2) is 0 Å². The van der Waals surface area contributed by atoms with Crippen LogP contribution < -0.4 is 0 Å². The maximum Gasteiger partial charge on any atom is 0.0867 e. The number of hydrogen-bond donors (Lipinski definition) is 0. The molecule has 1 unspecified atom stereocenters. The molecule has 0 spiro atoms. The predicted molar refractivity (Wildman–Crippen MR) is 53.6 cm³/mol. The summed E-state index contributed by atoms with van der Waals surface area (Å²) in [6.45, 7) is 6.74. The van der Waals surface area contributed by atoms with E-state index in [-0.39, 0.29) is 6.10 Å². The first-order chi connectivity index (χ1) is 6.25. The summed E-state index contributed by atoms with van der Waals surface area (Å²) in [5.41, 5.74) is 3.76. The molecule has 1 aliphatic heterocycles. The van der Waals surface area contributed by atoms with Crippen LogP contribution in [0.4, 0.5) is 0 Å². The minimum atomic E-state index is 0.244. The monoisotopic (exact) mass is 174 g/mol. The van der Waals surface area contributed by atoms with Crippen molar-refractivity contribution in [2.75, 3.05) is 6.61 Å². The molecule has 0 bridgehead atoms. The summed E-state index contributed by atoms with van der Waals surface area (Å²) in [4.78, 5) is 0. The maximum atomic E-state index is 5.59. The molecule has 0 amide bonds. The van der Waals surface area contributed by atoms with E-state index in [1.807, 2.05) is 0 Å². The summed E-state index contributed by atoms with van der Waals surface area (Å²) < 4.78 is 5.59. The Bertz CT molecular complexity index is 310. The molecule has 1 nitrogen and oxygen atoms in total. The number of aryl methyl sites for hydroxylation is 1. The molecule has 0 radical (unpaired) electrons. The van der Waals surface area contributed by atoms with E-state index in [0.29, 0.717) is 0 Å². The Kier molecular flexibility index (Phi) is 2.19. The second-order valence-corrected chi connectivity index (χ2v) is 3.66.